The maximum atomic E-state index is 12.6. The van der Waals surface area contributed by atoms with Crippen LogP contribution in [0.25, 0.3) is 22.6 Å². The zero-order valence-electron chi connectivity index (χ0n) is 13.4. The minimum absolute atomic E-state index is 0.241. The van der Waals surface area contributed by atoms with Crippen molar-refractivity contribution in [3.8, 4) is 23.1 Å². The van der Waals surface area contributed by atoms with Crippen molar-refractivity contribution in [1.29, 1.82) is 0 Å². The average molecular weight is 355 g/mol. The van der Waals surface area contributed by atoms with Crippen molar-refractivity contribution in [3.63, 3.8) is 0 Å². The fourth-order valence-corrected chi connectivity index (χ4v) is 3.41. The Labute approximate surface area is 145 Å². The first-order valence-electron chi connectivity index (χ1n) is 7.37. The van der Waals surface area contributed by atoms with Gasteiger partial charge in [0.25, 0.3) is 5.56 Å². The summed E-state index contributed by atoms with van der Waals surface area (Å²) < 4.78 is 17.7. The molecule has 0 aliphatic heterocycles. The fourth-order valence-electron chi connectivity index (χ4n) is 2.51. The number of hydrogen-bond donors (Lipinski definition) is 0. The van der Waals surface area contributed by atoms with Crippen LogP contribution in [0, 0.1) is 0 Å². The molecule has 0 saturated heterocycles. The van der Waals surface area contributed by atoms with E-state index in [2.05, 4.69) is 10.1 Å². The number of methoxy groups -OCH3 is 2. The lowest BCUT2D eigenvalue weighted by molar-refractivity contribution is 0.354. The minimum Gasteiger partial charge on any atom is -0.493 e. The number of hydrogen-bond acceptors (Lipinski definition) is 7. The number of rotatable bonds is 4. The number of benzene rings is 1. The van der Waals surface area contributed by atoms with E-state index in [9.17, 15) is 4.79 Å². The van der Waals surface area contributed by atoms with E-state index in [4.69, 9.17) is 13.9 Å². The van der Waals surface area contributed by atoms with Gasteiger partial charge < -0.3 is 13.9 Å². The number of furan rings is 1. The molecule has 4 rings (SSSR count). The molecule has 7 nitrogen and oxygen atoms in total. The van der Waals surface area contributed by atoms with E-state index in [1.54, 1.807) is 38.5 Å². The molecule has 0 saturated carbocycles. The van der Waals surface area contributed by atoms with Gasteiger partial charge in [0.2, 0.25) is 10.8 Å². The molecule has 4 aromatic rings. The number of nitrogens with zero attached hydrogens (tertiary/aromatic N) is 3. The SMILES string of the molecule is COc1cccc(/C=c2/sc3nc(-c4ccco4)nn3c2=O)c1OC. The molecule has 0 unspecified atom stereocenters. The second kappa shape index (κ2) is 6.06. The second-order valence-electron chi connectivity index (χ2n) is 5.11. The van der Waals surface area contributed by atoms with Crippen molar-refractivity contribution < 1.29 is 13.9 Å². The molecule has 8 heteroatoms. The van der Waals surface area contributed by atoms with Crippen LogP contribution in [0.1, 0.15) is 5.56 Å². The Morgan fingerprint density at radius 2 is 2.08 bits per heavy atom. The minimum atomic E-state index is -0.241. The van der Waals surface area contributed by atoms with Gasteiger partial charge in [-0.3, -0.25) is 4.79 Å². The summed E-state index contributed by atoms with van der Waals surface area (Å²) in [6.07, 6.45) is 3.29. The lowest BCUT2D eigenvalue weighted by Crippen LogP contribution is -2.23. The van der Waals surface area contributed by atoms with E-state index in [1.165, 1.54) is 22.1 Å². The highest BCUT2D eigenvalue weighted by atomic mass is 32.1. The van der Waals surface area contributed by atoms with Gasteiger partial charge in [-0.2, -0.15) is 9.50 Å². The highest BCUT2D eigenvalue weighted by molar-refractivity contribution is 7.15. The van der Waals surface area contributed by atoms with Gasteiger partial charge in [-0.25, -0.2) is 0 Å². The standard InChI is InChI=1S/C17H13N3O4S/c1-22-11-6-3-5-10(14(11)23-2)9-13-16(21)20-17(25-13)18-15(19-20)12-7-4-8-24-12/h3-9H,1-2H3/b13-9+. The molecule has 0 N–H and O–H groups in total. The molecule has 0 aliphatic rings. The van der Waals surface area contributed by atoms with Gasteiger partial charge in [-0.1, -0.05) is 23.5 Å². The predicted molar refractivity (Wildman–Crippen MR) is 93.2 cm³/mol. The van der Waals surface area contributed by atoms with Crippen molar-refractivity contribution in [3.05, 3.63) is 57.0 Å². The molecule has 0 bridgehead atoms. The number of thiazole rings is 1. The van der Waals surface area contributed by atoms with Crippen LogP contribution in [-0.4, -0.2) is 28.8 Å². The topological polar surface area (TPSA) is 78.9 Å². The van der Waals surface area contributed by atoms with Crippen LogP contribution in [-0.2, 0) is 0 Å². The number of ether oxygens (including phenoxy) is 2. The molecule has 1 aromatic carbocycles. The van der Waals surface area contributed by atoms with Crippen molar-refractivity contribution in [1.82, 2.24) is 14.6 Å². The van der Waals surface area contributed by atoms with Crippen LogP contribution in [0.5, 0.6) is 11.5 Å². The maximum Gasteiger partial charge on any atom is 0.291 e. The Bertz CT molecular complexity index is 1140. The molecular formula is C17H13N3O4S. The Kier molecular flexibility index (Phi) is 3.73. The molecular weight excluding hydrogens is 342 g/mol. The van der Waals surface area contributed by atoms with E-state index in [1.807, 2.05) is 12.1 Å². The molecule has 0 atom stereocenters. The number of fused-ring (bicyclic) bond motifs is 1. The molecule has 0 amide bonds. The monoisotopic (exact) mass is 355 g/mol. The first-order chi connectivity index (χ1) is 12.2. The van der Waals surface area contributed by atoms with E-state index in [0.29, 0.717) is 32.6 Å². The summed E-state index contributed by atoms with van der Waals surface area (Å²) in [6, 6.07) is 8.98. The van der Waals surface area contributed by atoms with Crippen molar-refractivity contribution in [2.24, 2.45) is 0 Å². The van der Waals surface area contributed by atoms with E-state index in [-0.39, 0.29) is 5.56 Å². The van der Waals surface area contributed by atoms with Gasteiger partial charge in [-0.15, -0.1) is 5.10 Å². The zero-order chi connectivity index (χ0) is 17.4. The summed E-state index contributed by atoms with van der Waals surface area (Å²) in [6.45, 7) is 0. The lowest BCUT2D eigenvalue weighted by atomic mass is 10.2. The zero-order valence-corrected chi connectivity index (χ0v) is 14.2. The summed E-state index contributed by atoms with van der Waals surface area (Å²) in [4.78, 5) is 17.5. The predicted octanol–water partition coefficient (Wildman–Crippen LogP) is 1.98. The van der Waals surface area contributed by atoms with E-state index in [0.717, 1.165) is 5.56 Å². The van der Waals surface area contributed by atoms with E-state index < -0.39 is 0 Å². The average Bonchev–Trinajstić information content (AvgIpc) is 3.34. The van der Waals surface area contributed by atoms with Gasteiger partial charge in [-0.05, 0) is 24.3 Å². The van der Waals surface area contributed by atoms with Crippen LogP contribution in [0.4, 0.5) is 0 Å². The van der Waals surface area contributed by atoms with Crippen molar-refractivity contribution >= 4 is 22.4 Å². The summed E-state index contributed by atoms with van der Waals surface area (Å²) in [5.74, 6) is 2.08. The van der Waals surface area contributed by atoms with Gasteiger partial charge in [0.1, 0.15) is 0 Å². The van der Waals surface area contributed by atoms with Gasteiger partial charge in [0.15, 0.2) is 17.3 Å². The smallest absolute Gasteiger partial charge is 0.291 e. The normalized spacial score (nSPS) is 12.0. The highest BCUT2D eigenvalue weighted by Crippen LogP contribution is 2.31. The Morgan fingerprint density at radius 3 is 2.76 bits per heavy atom. The van der Waals surface area contributed by atoms with Crippen LogP contribution in [0.3, 0.4) is 0 Å². The summed E-state index contributed by atoms with van der Waals surface area (Å²) >= 11 is 1.25. The summed E-state index contributed by atoms with van der Waals surface area (Å²) in [5.41, 5.74) is 0.505. The molecule has 0 spiro atoms. The van der Waals surface area contributed by atoms with Crippen LogP contribution >= 0.6 is 11.3 Å². The number of aromatic nitrogens is 3. The summed E-state index contributed by atoms with van der Waals surface area (Å²) in [5, 5.41) is 4.23. The molecule has 3 heterocycles. The first-order valence-corrected chi connectivity index (χ1v) is 8.19. The molecule has 0 fully saturated rings. The largest absolute Gasteiger partial charge is 0.493 e. The molecule has 25 heavy (non-hydrogen) atoms. The molecule has 0 radical (unpaired) electrons. The first kappa shape index (κ1) is 15.4. The Balaban J connectivity index is 1.85. The third-order valence-corrected chi connectivity index (χ3v) is 4.60. The van der Waals surface area contributed by atoms with Crippen molar-refractivity contribution in [2.75, 3.05) is 14.2 Å². The van der Waals surface area contributed by atoms with Gasteiger partial charge in [0.05, 0.1) is 25.0 Å². The lowest BCUT2D eigenvalue weighted by Gasteiger charge is -2.09. The van der Waals surface area contributed by atoms with Crippen LogP contribution in [0.15, 0.2) is 45.8 Å². The Hall–Kier alpha value is -3.13. The molecule has 126 valence electrons. The molecule has 0 aliphatic carbocycles. The quantitative estimate of drug-likeness (QED) is 0.557. The van der Waals surface area contributed by atoms with Crippen LogP contribution < -0.4 is 19.6 Å². The van der Waals surface area contributed by atoms with Crippen LogP contribution in [0.2, 0.25) is 0 Å². The Morgan fingerprint density at radius 1 is 1.20 bits per heavy atom. The third kappa shape index (κ3) is 2.56. The van der Waals surface area contributed by atoms with Gasteiger partial charge >= 0.3 is 0 Å². The molecule has 3 aromatic heterocycles. The fraction of sp³-hybridized carbons (Fsp3) is 0.118. The third-order valence-electron chi connectivity index (χ3n) is 3.64. The second-order valence-corrected chi connectivity index (χ2v) is 6.11. The summed E-state index contributed by atoms with van der Waals surface area (Å²) in [7, 11) is 3.13. The number of para-hydroxylation sites is 1. The van der Waals surface area contributed by atoms with E-state index >= 15 is 0 Å². The maximum absolute atomic E-state index is 12.6. The van der Waals surface area contributed by atoms with Crippen molar-refractivity contribution in [2.45, 2.75) is 0 Å². The van der Waals surface area contributed by atoms with Gasteiger partial charge in [0, 0.05) is 5.56 Å². The highest BCUT2D eigenvalue weighted by Gasteiger charge is 2.14.